The Balaban J connectivity index is 1.68. The SMILES string of the molecule is CC(C)(OP(c1ccccc1)c1ccccc1)C1=NC(C(C)(C)C)CN1C1CCCCC1. The van der Waals surface area contributed by atoms with Gasteiger partial charge in [-0.15, -0.1) is 0 Å². The van der Waals surface area contributed by atoms with Gasteiger partial charge in [-0.05, 0) is 32.1 Å². The number of nitrogens with zero attached hydrogens (tertiary/aromatic N) is 2. The normalized spacial score (nSPS) is 20.6. The third kappa shape index (κ3) is 5.26. The van der Waals surface area contributed by atoms with Crippen molar-refractivity contribution in [1.82, 2.24) is 4.90 Å². The summed E-state index contributed by atoms with van der Waals surface area (Å²) >= 11 is 0. The van der Waals surface area contributed by atoms with E-state index < -0.39 is 13.7 Å². The van der Waals surface area contributed by atoms with Crippen molar-refractivity contribution in [2.75, 3.05) is 6.54 Å². The fourth-order valence-electron chi connectivity index (χ4n) is 4.87. The van der Waals surface area contributed by atoms with Crippen LogP contribution in [0, 0.1) is 5.41 Å². The van der Waals surface area contributed by atoms with E-state index >= 15 is 0 Å². The van der Waals surface area contributed by atoms with Gasteiger partial charge in [-0.1, -0.05) is 101 Å². The van der Waals surface area contributed by atoms with E-state index in [1.165, 1.54) is 42.7 Å². The van der Waals surface area contributed by atoms with Crippen molar-refractivity contribution >= 4 is 24.6 Å². The molecule has 0 radical (unpaired) electrons. The lowest BCUT2D eigenvalue weighted by Gasteiger charge is -2.40. The molecule has 1 aliphatic heterocycles. The van der Waals surface area contributed by atoms with E-state index in [0.29, 0.717) is 12.1 Å². The average molecular weight is 451 g/mol. The zero-order valence-corrected chi connectivity index (χ0v) is 21.3. The summed E-state index contributed by atoms with van der Waals surface area (Å²) in [6, 6.07) is 22.3. The first-order chi connectivity index (χ1) is 15.3. The predicted octanol–water partition coefficient (Wildman–Crippen LogP) is 6.29. The summed E-state index contributed by atoms with van der Waals surface area (Å²) < 4.78 is 7.07. The molecule has 4 rings (SSSR count). The summed E-state index contributed by atoms with van der Waals surface area (Å²) in [5.41, 5.74) is -0.316. The maximum Gasteiger partial charge on any atom is 0.132 e. The fraction of sp³-hybridized carbons (Fsp3) is 0.536. The first kappa shape index (κ1) is 23.5. The number of aliphatic imine (C=N–C) groups is 1. The third-order valence-corrected chi connectivity index (χ3v) is 8.95. The summed E-state index contributed by atoms with van der Waals surface area (Å²) in [6.07, 6.45) is 6.58. The van der Waals surface area contributed by atoms with Gasteiger partial charge < -0.3 is 9.42 Å². The highest BCUT2D eigenvalue weighted by Gasteiger charge is 2.44. The van der Waals surface area contributed by atoms with Crippen LogP contribution in [0.25, 0.3) is 0 Å². The standard InChI is InChI=1S/C28H39N2OP/c1-27(2,3)25-21-30(22-15-9-6-10-16-22)26(29-25)28(4,5)31-32(23-17-11-7-12-18-23)24-19-13-8-14-20-24/h7-8,11-14,17-20,22,25H,6,9-10,15-16,21H2,1-5H3. The Labute approximate surface area is 196 Å². The number of amidine groups is 1. The molecule has 0 aromatic heterocycles. The van der Waals surface area contributed by atoms with Crippen LogP contribution in [0.15, 0.2) is 65.7 Å². The van der Waals surface area contributed by atoms with Crippen LogP contribution in [0.5, 0.6) is 0 Å². The molecule has 3 nitrogen and oxygen atoms in total. The Morgan fingerprint density at radius 2 is 1.34 bits per heavy atom. The van der Waals surface area contributed by atoms with Crippen LogP contribution < -0.4 is 10.6 Å². The molecule has 2 aliphatic rings. The van der Waals surface area contributed by atoms with E-state index in [1.807, 2.05) is 0 Å². The largest absolute Gasteiger partial charge is 0.353 e. The van der Waals surface area contributed by atoms with Gasteiger partial charge in [-0.3, -0.25) is 4.99 Å². The molecule has 4 heteroatoms. The van der Waals surface area contributed by atoms with Gasteiger partial charge in [-0.2, -0.15) is 0 Å². The topological polar surface area (TPSA) is 24.8 Å². The molecule has 1 heterocycles. The summed E-state index contributed by atoms with van der Waals surface area (Å²) in [7, 11) is -0.941. The fourth-order valence-corrected chi connectivity index (χ4v) is 6.80. The highest BCUT2D eigenvalue weighted by Crippen LogP contribution is 2.43. The second-order valence-electron chi connectivity index (χ2n) is 10.8. The first-order valence-electron chi connectivity index (χ1n) is 12.2. The molecule has 2 aromatic rings. The van der Waals surface area contributed by atoms with Crippen LogP contribution in [-0.2, 0) is 4.52 Å². The molecular formula is C28H39N2OP. The Kier molecular flexibility index (Phi) is 7.08. The van der Waals surface area contributed by atoms with E-state index in [-0.39, 0.29) is 5.41 Å². The summed E-state index contributed by atoms with van der Waals surface area (Å²) in [5.74, 6) is 1.16. The van der Waals surface area contributed by atoms with Gasteiger partial charge in [0.1, 0.15) is 11.4 Å². The molecule has 172 valence electrons. The van der Waals surface area contributed by atoms with Crippen LogP contribution in [-0.4, -0.2) is 35.0 Å². The van der Waals surface area contributed by atoms with Crippen molar-refractivity contribution in [3.05, 3.63) is 60.7 Å². The lowest BCUT2D eigenvalue weighted by atomic mass is 9.87. The number of rotatable bonds is 6. The van der Waals surface area contributed by atoms with Crippen molar-refractivity contribution in [3.63, 3.8) is 0 Å². The second kappa shape index (κ2) is 9.65. The van der Waals surface area contributed by atoms with Crippen molar-refractivity contribution in [2.24, 2.45) is 10.4 Å². The maximum atomic E-state index is 7.07. The van der Waals surface area contributed by atoms with Crippen LogP contribution in [0.2, 0.25) is 0 Å². The first-order valence-corrected chi connectivity index (χ1v) is 13.5. The predicted molar refractivity (Wildman–Crippen MR) is 138 cm³/mol. The molecule has 1 saturated carbocycles. The van der Waals surface area contributed by atoms with E-state index in [9.17, 15) is 0 Å². The number of benzene rings is 2. The van der Waals surface area contributed by atoms with Gasteiger partial charge in [0.25, 0.3) is 0 Å². The molecule has 1 fully saturated rings. The lowest BCUT2D eigenvalue weighted by Crippen LogP contribution is -2.50. The molecule has 0 N–H and O–H groups in total. The molecule has 0 amide bonds. The smallest absolute Gasteiger partial charge is 0.132 e. The molecule has 0 bridgehead atoms. The van der Waals surface area contributed by atoms with E-state index in [4.69, 9.17) is 9.52 Å². The summed E-state index contributed by atoms with van der Waals surface area (Å²) in [4.78, 5) is 7.98. The highest BCUT2D eigenvalue weighted by atomic mass is 31.1. The highest BCUT2D eigenvalue weighted by molar-refractivity contribution is 7.68. The summed E-state index contributed by atoms with van der Waals surface area (Å²) in [5, 5.41) is 2.49. The zero-order chi connectivity index (χ0) is 22.8. The molecule has 1 atom stereocenters. The van der Waals surface area contributed by atoms with Gasteiger partial charge in [0.2, 0.25) is 0 Å². The van der Waals surface area contributed by atoms with Crippen LogP contribution in [0.4, 0.5) is 0 Å². The Hall–Kier alpha value is -1.70. The maximum absolute atomic E-state index is 7.07. The monoisotopic (exact) mass is 450 g/mol. The molecule has 0 saturated heterocycles. The third-order valence-electron chi connectivity index (χ3n) is 6.77. The molecular weight excluding hydrogens is 411 g/mol. The number of hydrogen-bond acceptors (Lipinski definition) is 3. The number of hydrogen-bond donors (Lipinski definition) is 0. The van der Waals surface area contributed by atoms with Gasteiger partial charge in [0.15, 0.2) is 0 Å². The average Bonchev–Trinajstić information content (AvgIpc) is 3.27. The van der Waals surface area contributed by atoms with Crippen molar-refractivity contribution in [1.29, 1.82) is 0 Å². The molecule has 2 aromatic carbocycles. The van der Waals surface area contributed by atoms with Crippen LogP contribution in [0.3, 0.4) is 0 Å². The summed E-state index contributed by atoms with van der Waals surface area (Å²) in [6.45, 7) is 12.4. The van der Waals surface area contributed by atoms with Gasteiger partial charge in [-0.25, -0.2) is 0 Å². The lowest BCUT2D eigenvalue weighted by molar-refractivity contribution is 0.164. The Morgan fingerprint density at radius 1 is 0.812 bits per heavy atom. The quantitative estimate of drug-likeness (QED) is 0.483. The van der Waals surface area contributed by atoms with Gasteiger partial charge in [0, 0.05) is 23.2 Å². The minimum atomic E-state index is -0.941. The van der Waals surface area contributed by atoms with Gasteiger partial charge >= 0.3 is 0 Å². The zero-order valence-electron chi connectivity index (χ0n) is 20.4. The van der Waals surface area contributed by atoms with Crippen molar-refractivity contribution in [2.45, 2.75) is 84.4 Å². The van der Waals surface area contributed by atoms with E-state index in [0.717, 1.165) is 12.4 Å². The van der Waals surface area contributed by atoms with Crippen molar-refractivity contribution in [3.8, 4) is 0 Å². The minimum absolute atomic E-state index is 0.147. The van der Waals surface area contributed by atoms with E-state index in [2.05, 4.69) is 100 Å². The molecule has 1 unspecified atom stereocenters. The Bertz CT molecular complexity index is 859. The molecule has 1 aliphatic carbocycles. The second-order valence-corrected chi connectivity index (χ2v) is 12.6. The molecule has 32 heavy (non-hydrogen) atoms. The Morgan fingerprint density at radius 3 is 1.84 bits per heavy atom. The van der Waals surface area contributed by atoms with Crippen LogP contribution in [0.1, 0.15) is 66.7 Å². The van der Waals surface area contributed by atoms with E-state index in [1.54, 1.807) is 0 Å². The van der Waals surface area contributed by atoms with Gasteiger partial charge in [0.05, 0.1) is 14.2 Å². The molecule has 0 spiro atoms. The minimum Gasteiger partial charge on any atom is -0.353 e. The van der Waals surface area contributed by atoms with Crippen LogP contribution >= 0.6 is 8.15 Å². The van der Waals surface area contributed by atoms with Crippen molar-refractivity contribution < 1.29 is 4.52 Å².